The van der Waals surface area contributed by atoms with Crippen LogP contribution in [0.15, 0.2) is 16.3 Å². The van der Waals surface area contributed by atoms with Gasteiger partial charge in [-0.25, -0.2) is 8.42 Å². The summed E-state index contributed by atoms with van der Waals surface area (Å²) in [7, 11) is -3.70. The lowest BCUT2D eigenvalue weighted by atomic mass is 10.4. The molecule has 0 amide bonds. The van der Waals surface area contributed by atoms with E-state index in [4.69, 9.17) is 5.11 Å². The third-order valence-electron chi connectivity index (χ3n) is 1.68. The summed E-state index contributed by atoms with van der Waals surface area (Å²) in [5.41, 5.74) is 0. The number of thiophene rings is 1. The second-order valence-electron chi connectivity index (χ2n) is 3.05. The van der Waals surface area contributed by atoms with Gasteiger partial charge in [0.2, 0.25) is 0 Å². The molecule has 0 aliphatic heterocycles. The Balaban J connectivity index is 2.90. The van der Waals surface area contributed by atoms with E-state index in [-0.39, 0.29) is 4.21 Å². The van der Waals surface area contributed by atoms with Crippen molar-refractivity contribution in [2.45, 2.75) is 24.1 Å². The SMILES string of the molecule is Cc1ccc(S(=O)(=O)NC(C)C(=O)O)s1. The molecule has 0 aromatic carbocycles. The van der Waals surface area contributed by atoms with Gasteiger partial charge in [-0.15, -0.1) is 11.3 Å². The first-order valence-corrected chi connectivity index (χ1v) is 6.44. The monoisotopic (exact) mass is 249 g/mol. The summed E-state index contributed by atoms with van der Waals surface area (Å²) in [6.45, 7) is 3.06. The molecular weight excluding hydrogens is 238 g/mol. The third kappa shape index (κ3) is 3.01. The van der Waals surface area contributed by atoms with E-state index >= 15 is 0 Å². The van der Waals surface area contributed by atoms with Crippen molar-refractivity contribution in [3.05, 3.63) is 17.0 Å². The highest BCUT2D eigenvalue weighted by molar-refractivity contribution is 7.91. The highest BCUT2D eigenvalue weighted by Crippen LogP contribution is 2.20. The molecule has 0 spiro atoms. The van der Waals surface area contributed by atoms with E-state index in [0.717, 1.165) is 16.2 Å². The molecule has 1 unspecified atom stereocenters. The van der Waals surface area contributed by atoms with Crippen LogP contribution < -0.4 is 4.72 Å². The van der Waals surface area contributed by atoms with Crippen molar-refractivity contribution >= 4 is 27.3 Å². The Kier molecular flexibility index (Phi) is 3.48. The fourth-order valence-corrected chi connectivity index (χ4v) is 3.39. The fourth-order valence-electron chi connectivity index (χ4n) is 0.898. The molecule has 0 aliphatic carbocycles. The molecule has 0 aliphatic rings. The molecule has 0 bridgehead atoms. The quantitative estimate of drug-likeness (QED) is 0.827. The van der Waals surface area contributed by atoms with Gasteiger partial charge in [0.25, 0.3) is 10.0 Å². The molecule has 1 aromatic rings. The summed E-state index contributed by atoms with van der Waals surface area (Å²) in [5.74, 6) is -1.20. The van der Waals surface area contributed by atoms with Crippen LogP contribution in [0.25, 0.3) is 0 Å². The molecule has 0 saturated carbocycles. The number of aryl methyl sites for hydroxylation is 1. The zero-order valence-electron chi connectivity index (χ0n) is 8.22. The first-order chi connectivity index (χ1) is 6.83. The zero-order valence-corrected chi connectivity index (χ0v) is 9.85. The van der Waals surface area contributed by atoms with Crippen LogP contribution in [0.3, 0.4) is 0 Å². The van der Waals surface area contributed by atoms with Gasteiger partial charge in [-0.1, -0.05) is 0 Å². The lowest BCUT2D eigenvalue weighted by Gasteiger charge is -2.07. The van der Waals surface area contributed by atoms with Gasteiger partial charge in [0.05, 0.1) is 0 Å². The number of nitrogens with one attached hydrogen (secondary N) is 1. The van der Waals surface area contributed by atoms with Crippen LogP contribution in [-0.2, 0) is 14.8 Å². The second-order valence-corrected chi connectivity index (χ2v) is 6.28. The van der Waals surface area contributed by atoms with Crippen LogP contribution in [0.5, 0.6) is 0 Å². The van der Waals surface area contributed by atoms with Gasteiger partial charge in [0.15, 0.2) is 0 Å². The average Bonchev–Trinajstić information content (AvgIpc) is 2.51. The van der Waals surface area contributed by atoms with Crippen molar-refractivity contribution in [3.8, 4) is 0 Å². The Morgan fingerprint density at radius 1 is 1.53 bits per heavy atom. The van der Waals surface area contributed by atoms with Crippen LogP contribution in [-0.4, -0.2) is 25.5 Å². The molecule has 1 heterocycles. The van der Waals surface area contributed by atoms with E-state index < -0.39 is 22.0 Å². The van der Waals surface area contributed by atoms with Gasteiger partial charge < -0.3 is 5.11 Å². The highest BCUT2D eigenvalue weighted by atomic mass is 32.2. The van der Waals surface area contributed by atoms with E-state index in [2.05, 4.69) is 4.72 Å². The predicted molar refractivity (Wildman–Crippen MR) is 56.5 cm³/mol. The molecule has 1 aromatic heterocycles. The number of aliphatic carboxylic acids is 1. The van der Waals surface area contributed by atoms with Crippen molar-refractivity contribution in [2.75, 3.05) is 0 Å². The first-order valence-electron chi connectivity index (χ1n) is 4.14. The zero-order chi connectivity index (χ0) is 11.6. The first kappa shape index (κ1) is 12.2. The number of carboxylic acid groups (broad SMARTS) is 1. The van der Waals surface area contributed by atoms with Crippen LogP contribution in [0.2, 0.25) is 0 Å². The summed E-state index contributed by atoms with van der Waals surface area (Å²) in [6, 6.07) is 2.00. The van der Waals surface area contributed by atoms with E-state index in [9.17, 15) is 13.2 Å². The molecule has 0 fully saturated rings. The molecule has 1 rings (SSSR count). The van der Waals surface area contributed by atoms with Crippen LogP contribution >= 0.6 is 11.3 Å². The van der Waals surface area contributed by atoms with Crippen LogP contribution in [0, 0.1) is 6.92 Å². The van der Waals surface area contributed by atoms with Crippen molar-refractivity contribution in [3.63, 3.8) is 0 Å². The molecule has 2 N–H and O–H groups in total. The Morgan fingerprint density at radius 2 is 2.13 bits per heavy atom. The maximum absolute atomic E-state index is 11.6. The standard InChI is InChI=1S/C8H11NO4S2/c1-5-3-4-7(14-5)15(12,13)9-6(2)8(10)11/h3-4,6,9H,1-2H3,(H,10,11). The Labute approximate surface area is 91.8 Å². The van der Waals surface area contributed by atoms with Crippen molar-refractivity contribution in [1.29, 1.82) is 0 Å². The van der Waals surface area contributed by atoms with E-state index in [0.29, 0.717) is 0 Å². The van der Waals surface area contributed by atoms with Crippen LogP contribution in [0.4, 0.5) is 0 Å². The Hall–Kier alpha value is -0.920. The molecule has 0 saturated heterocycles. The van der Waals surface area contributed by atoms with E-state index in [1.54, 1.807) is 13.0 Å². The second kappa shape index (κ2) is 4.30. The minimum atomic E-state index is -3.70. The normalized spacial score (nSPS) is 13.7. The number of carbonyl (C=O) groups is 1. The maximum atomic E-state index is 11.6. The van der Waals surface area contributed by atoms with Gasteiger partial charge >= 0.3 is 5.97 Å². The Bertz CT molecular complexity index is 463. The molecule has 0 radical (unpaired) electrons. The van der Waals surface area contributed by atoms with Gasteiger partial charge in [0.1, 0.15) is 10.3 Å². The summed E-state index contributed by atoms with van der Waals surface area (Å²) in [6.07, 6.45) is 0. The van der Waals surface area contributed by atoms with Gasteiger partial charge in [-0.2, -0.15) is 4.72 Å². The fraction of sp³-hybridized carbons (Fsp3) is 0.375. The molecule has 7 heteroatoms. The number of sulfonamides is 1. The summed E-state index contributed by atoms with van der Waals surface area (Å²) < 4.78 is 25.4. The maximum Gasteiger partial charge on any atom is 0.321 e. The molecule has 5 nitrogen and oxygen atoms in total. The highest BCUT2D eigenvalue weighted by Gasteiger charge is 2.22. The van der Waals surface area contributed by atoms with Crippen molar-refractivity contribution in [1.82, 2.24) is 4.72 Å². The van der Waals surface area contributed by atoms with Crippen molar-refractivity contribution < 1.29 is 18.3 Å². The lowest BCUT2D eigenvalue weighted by Crippen LogP contribution is -2.37. The topological polar surface area (TPSA) is 83.5 Å². The largest absolute Gasteiger partial charge is 0.480 e. The lowest BCUT2D eigenvalue weighted by molar-refractivity contribution is -0.138. The molecule has 15 heavy (non-hydrogen) atoms. The smallest absolute Gasteiger partial charge is 0.321 e. The molecular formula is C8H11NO4S2. The summed E-state index contributed by atoms with van der Waals surface area (Å²) in [4.78, 5) is 11.3. The minimum absolute atomic E-state index is 0.133. The van der Waals surface area contributed by atoms with Crippen molar-refractivity contribution in [2.24, 2.45) is 0 Å². The number of hydrogen-bond acceptors (Lipinski definition) is 4. The third-order valence-corrected chi connectivity index (χ3v) is 4.72. The van der Waals surface area contributed by atoms with Gasteiger partial charge in [-0.3, -0.25) is 4.79 Å². The average molecular weight is 249 g/mol. The Morgan fingerprint density at radius 3 is 2.53 bits per heavy atom. The summed E-state index contributed by atoms with van der Waals surface area (Å²) in [5, 5.41) is 8.57. The van der Waals surface area contributed by atoms with Crippen LogP contribution in [0.1, 0.15) is 11.8 Å². The van der Waals surface area contributed by atoms with E-state index in [1.165, 1.54) is 13.0 Å². The minimum Gasteiger partial charge on any atom is -0.480 e. The van der Waals surface area contributed by atoms with E-state index in [1.807, 2.05) is 0 Å². The molecule has 84 valence electrons. The summed E-state index contributed by atoms with van der Waals surface area (Å²) >= 11 is 1.10. The number of rotatable bonds is 4. The van der Waals surface area contributed by atoms with Gasteiger partial charge in [-0.05, 0) is 26.0 Å². The predicted octanol–water partition coefficient (Wildman–Crippen LogP) is 0.808. The van der Waals surface area contributed by atoms with Gasteiger partial charge in [0, 0.05) is 4.88 Å². The molecule has 1 atom stereocenters. The number of carboxylic acids is 1. The number of hydrogen-bond donors (Lipinski definition) is 2.